The van der Waals surface area contributed by atoms with Crippen LogP contribution in [0.2, 0.25) is 0 Å². The van der Waals surface area contributed by atoms with Gasteiger partial charge in [0.05, 0.1) is 6.04 Å². The van der Waals surface area contributed by atoms with Gasteiger partial charge in [-0.2, -0.15) is 4.52 Å². The van der Waals surface area contributed by atoms with Crippen molar-refractivity contribution in [2.24, 2.45) is 0 Å². The third kappa shape index (κ3) is 3.41. The van der Waals surface area contributed by atoms with Crippen LogP contribution in [0, 0.1) is 0 Å². The first-order valence-corrected chi connectivity index (χ1v) is 11.1. The minimum atomic E-state index is -3.52. The maximum absolute atomic E-state index is 12.6. The summed E-state index contributed by atoms with van der Waals surface area (Å²) in [6, 6.07) is 12.2. The molecule has 2 fully saturated rings. The van der Waals surface area contributed by atoms with Gasteiger partial charge in [-0.3, -0.25) is 0 Å². The summed E-state index contributed by atoms with van der Waals surface area (Å²) in [6.45, 7) is 1.44. The van der Waals surface area contributed by atoms with Crippen molar-refractivity contribution in [2.45, 2.75) is 42.5 Å². The van der Waals surface area contributed by atoms with Gasteiger partial charge in [0.1, 0.15) is 5.82 Å². The van der Waals surface area contributed by atoms with Crippen LogP contribution in [0.15, 0.2) is 47.4 Å². The number of hydrogen-bond donors (Lipinski definition) is 1. The van der Waals surface area contributed by atoms with E-state index in [-0.39, 0.29) is 6.04 Å². The second-order valence-corrected chi connectivity index (χ2v) is 9.23. The van der Waals surface area contributed by atoms with Crippen molar-refractivity contribution in [1.29, 1.82) is 0 Å². The molecule has 5 rings (SSSR count). The number of rotatable bonds is 5. The molecule has 1 N–H and O–H groups in total. The summed E-state index contributed by atoms with van der Waals surface area (Å²) in [5.41, 5.74) is 0.754. The fourth-order valence-corrected chi connectivity index (χ4v) is 5.01. The molecule has 0 spiro atoms. The molecule has 9 heteroatoms. The van der Waals surface area contributed by atoms with Crippen LogP contribution in [0.3, 0.4) is 0 Å². The van der Waals surface area contributed by atoms with E-state index in [2.05, 4.69) is 19.8 Å². The maximum atomic E-state index is 12.6. The van der Waals surface area contributed by atoms with Crippen LogP contribution in [0.4, 0.5) is 5.82 Å². The van der Waals surface area contributed by atoms with E-state index in [0.29, 0.717) is 17.4 Å². The third-order valence-corrected chi connectivity index (χ3v) is 6.87. The summed E-state index contributed by atoms with van der Waals surface area (Å²) in [5.74, 6) is 2.22. The van der Waals surface area contributed by atoms with Crippen LogP contribution in [-0.4, -0.2) is 43.5 Å². The molecule has 3 heterocycles. The highest BCUT2D eigenvalue weighted by atomic mass is 32.3. The number of hydrogen-bond acceptors (Lipinski definition) is 6. The molecule has 1 saturated carbocycles. The second-order valence-electron chi connectivity index (χ2n) is 7.51. The first-order valence-electron chi connectivity index (χ1n) is 9.65. The minimum absolute atomic E-state index is 0.153. The lowest BCUT2D eigenvalue weighted by atomic mass is 10.1. The summed E-state index contributed by atoms with van der Waals surface area (Å²) in [6.07, 6.45) is 3.99. The van der Waals surface area contributed by atoms with E-state index in [4.69, 9.17) is 5.10 Å². The number of piperidine rings is 1. The average molecular weight is 398 g/mol. The van der Waals surface area contributed by atoms with Crippen LogP contribution < -0.4 is 9.62 Å². The molecule has 2 unspecified atom stereocenters. The Morgan fingerprint density at radius 2 is 1.89 bits per heavy atom. The van der Waals surface area contributed by atoms with Crippen molar-refractivity contribution < 1.29 is 8.76 Å². The molecule has 2 aliphatic rings. The van der Waals surface area contributed by atoms with Crippen molar-refractivity contribution in [3.8, 4) is 0 Å². The number of sulfonamides is 1. The lowest BCUT2D eigenvalue weighted by Crippen LogP contribution is -2.49. The molecule has 0 amide bonds. The normalized spacial score (nSPS) is 22.3. The third-order valence-electron chi connectivity index (χ3n) is 5.34. The predicted molar refractivity (Wildman–Crippen MR) is 105 cm³/mol. The Labute approximate surface area is 164 Å². The fraction of sp³-hybridized carbons (Fsp3) is 0.421. The van der Waals surface area contributed by atoms with Gasteiger partial charge in [0.2, 0.25) is 0 Å². The van der Waals surface area contributed by atoms with E-state index < -0.39 is 10.4 Å². The largest absolute Gasteiger partial charge is 0.593 e. The molecule has 8 nitrogen and oxygen atoms in total. The first kappa shape index (κ1) is 17.7. The molecule has 0 bridgehead atoms. The van der Waals surface area contributed by atoms with E-state index in [1.54, 1.807) is 24.3 Å². The molecule has 1 aliphatic heterocycles. The average Bonchev–Trinajstić information content (AvgIpc) is 3.47. The van der Waals surface area contributed by atoms with E-state index in [0.717, 1.165) is 49.5 Å². The number of fused-ring (bicyclic) bond motifs is 1. The Hall–Kier alpha value is -2.36. The van der Waals surface area contributed by atoms with Gasteiger partial charge >= 0.3 is 0 Å². The smallest absolute Gasteiger partial charge is 0.178 e. The van der Waals surface area contributed by atoms with E-state index >= 15 is 0 Å². The van der Waals surface area contributed by atoms with Crippen molar-refractivity contribution in [3.05, 3.63) is 48.3 Å². The highest BCUT2D eigenvalue weighted by Crippen LogP contribution is 2.38. The monoisotopic (exact) mass is 398 g/mol. The molecule has 146 valence electrons. The Bertz CT molecular complexity index is 1040. The molecule has 3 aromatic rings. The number of aromatic nitrogens is 4. The van der Waals surface area contributed by atoms with Gasteiger partial charge in [-0.05, 0) is 49.9 Å². The number of nitrogens with zero attached hydrogens (tertiary/aromatic N) is 5. The van der Waals surface area contributed by atoms with Crippen molar-refractivity contribution in [1.82, 2.24) is 24.5 Å². The zero-order chi connectivity index (χ0) is 19.1. The van der Waals surface area contributed by atoms with Crippen LogP contribution in [0.5, 0.6) is 0 Å². The van der Waals surface area contributed by atoms with E-state index in [9.17, 15) is 8.76 Å². The van der Waals surface area contributed by atoms with Gasteiger partial charge in [0.25, 0.3) is 0 Å². The van der Waals surface area contributed by atoms with Crippen LogP contribution in [-0.2, 0) is 14.6 Å². The van der Waals surface area contributed by atoms with Crippen molar-refractivity contribution in [2.75, 3.05) is 18.0 Å². The standard InChI is InChI=1S/C19H22N6O2S/c26-28(27,16-6-2-1-3-7-16)23-15-5-4-12-24(13-15)18-11-10-17-20-21-19(14-8-9-14)25(17)22-18/h1-3,6-7,10-11,14-15H,4-5,8-9,12-13H2,(H-,23,26,27). The number of anilines is 1. The van der Waals surface area contributed by atoms with Gasteiger partial charge < -0.3 is 9.45 Å². The molecule has 1 aliphatic carbocycles. The number of benzene rings is 1. The Balaban J connectivity index is 1.35. The lowest BCUT2D eigenvalue weighted by Gasteiger charge is -2.34. The Kier molecular flexibility index (Phi) is 4.37. The van der Waals surface area contributed by atoms with Gasteiger partial charge in [0, 0.05) is 19.0 Å². The van der Waals surface area contributed by atoms with Gasteiger partial charge in [0.15, 0.2) is 26.8 Å². The van der Waals surface area contributed by atoms with Crippen LogP contribution >= 0.6 is 0 Å². The highest BCUT2D eigenvalue weighted by Gasteiger charge is 2.31. The molecule has 1 saturated heterocycles. The molecule has 2 atom stereocenters. The van der Waals surface area contributed by atoms with Crippen molar-refractivity contribution in [3.63, 3.8) is 0 Å². The SMILES string of the molecule is O=[S+]([O-])(NC1CCCN(c2ccc3nnc(C4CC4)n3n2)C1)c1ccccc1. The molecule has 2 aromatic heterocycles. The summed E-state index contributed by atoms with van der Waals surface area (Å²) in [5, 5.41) is 13.2. The van der Waals surface area contributed by atoms with E-state index in [1.165, 1.54) is 0 Å². The van der Waals surface area contributed by atoms with Crippen molar-refractivity contribution >= 4 is 21.9 Å². The topological polar surface area (TPSA) is 98.5 Å². The fourth-order valence-electron chi connectivity index (χ4n) is 3.73. The lowest BCUT2D eigenvalue weighted by molar-refractivity contribution is 0.421. The van der Waals surface area contributed by atoms with E-state index in [1.807, 2.05) is 22.7 Å². The maximum Gasteiger partial charge on any atom is 0.178 e. The zero-order valence-electron chi connectivity index (χ0n) is 15.4. The molecular formula is C19H22N6O2S. The second kappa shape index (κ2) is 6.91. The summed E-state index contributed by atoms with van der Waals surface area (Å²) < 4.78 is 30.0. The zero-order valence-corrected chi connectivity index (χ0v) is 16.2. The van der Waals surface area contributed by atoms with Gasteiger partial charge in [-0.1, -0.05) is 22.4 Å². The first-order chi connectivity index (χ1) is 13.6. The quantitative estimate of drug-likeness (QED) is 0.662. The number of nitrogens with one attached hydrogen (secondary N) is 1. The van der Waals surface area contributed by atoms with Gasteiger partial charge in [-0.25, -0.2) is 0 Å². The molecular weight excluding hydrogens is 376 g/mol. The molecule has 28 heavy (non-hydrogen) atoms. The predicted octanol–water partition coefficient (Wildman–Crippen LogP) is 2.16. The van der Waals surface area contributed by atoms with Crippen LogP contribution in [0.25, 0.3) is 5.65 Å². The Morgan fingerprint density at radius 3 is 2.68 bits per heavy atom. The highest BCUT2D eigenvalue weighted by molar-refractivity contribution is 7.95. The van der Waals surface area contributed by atoms with Gasteiger partial charge in [-0.15, -0.1) is 20.0 Å². The van der Waals surface area contributed by atoms with Crippen LogP contribution in [0.1, 0.15) is 37.4 Å². The summed E-state index contributed by atoms with van der Waals surface area (Å²) >= 11 is 0. The Morgan fingerprint density at radius 1 is 1.07 bits per heavy atom. The molecule has 1 aromatic carbocycles. The molecule has 0 radical (unpaired) electrons. The summed E-state index contributed by atoms with van der Waals surface area (Å²) in [7, 11) is -3.52. The summed E-state index contributed by atoms with van der Waals surface area (Å²) in [4.78, 5) is 2.43. The minimum Gasteiger partial charge on any atom is -0.593 e.